The van der Waals surface area contributed by atoms with Gasteiger partial charge in [0.05, 0.1) is 6.42 Å². The van der Waals surface area contributed by atoms with E-state index in [1.807, 2.05) is 50.4 Å². The normalized spacial score (nSPS) is 15.7. The van der Waals surface area contributed by atoms with E-state index in [1.54, 1.807) is 0 Å². The van der Waals surface area contributed by atoms with Crippen LogP contribution in [0.3, 0.4) is 0 Å². The number of carbonyl (C=O) groups excluding carboxylic acids is 3. The van der Waals surface area contributed by atoms with Crippen molar-refractivity contribution in [1.29, 1.82) is 0 Å². The van der Waals surface area contributed by atoms with Crippen molar-refractivity contribution in [3.63, 3.8) is 0 Å². The first-order chi connectivity index (χ1) is 17.2. The van der Waals surface area contributed by atoms with Gasteiger partial charge in [-0.3, -0.25) is 14.4 Å². The van der Waals surface area contributed by atoms with Crippen LogP contribution in [-0.2, 0) is 16.0 Å². The molecule has 1 aliphatic carbocycles. The van der Waals surface area contributed by atoms with Crippen LogP contribution in [0.5, 0.6) is 0 Å². The molecule has 1 aliphatic rings. The molecule has 3 rings (SSSR count). The third-order valence-corrected chi connectivity index (χ3v) is 7.96. The zero-order valence-electron chi connectivity index (χ0n) is 22.0. The van der Waals surface area contributed by atoms with E-state index in [1.165, 1.54) is 28.0 Å². The topological polar surface area (TPSA) is 109 Å². The fourth-order valence-electron chi connectivity index (χ4n) is 4.55. The van der Waals surface area contributed by atoms with Crippen molar-refractivity contribution in [2.24, 2.45) is 5.92 Å². The van der Waals surface area contributed by atoms with Crippen LogP contribution < -0.4 is 5.32 Å². The number of thiophene rings is 1. The van der Waals surface area contributed by atoms with Crippen molar-refractivity contribution >= 4 is 53.6 Å². The van der Waals surface area contributed by atoms with Crippen LogP contribution in [-0.4, -0.2) is 76.2 Å². The van der Waals surface area contributed by atoms with Crippen LogP contribution >= 0.6 is 35.5 Å². The largest absolute Gasteiger partial charge is 0.408 e. The Hall–Kier alpha value is -1.95. The predicted octanol–water partition coefficient (Wildman–Crippen LogP) is 4.28. The Labute approximate surface area is 233 Å². The van der Waals surface area contributed by atoms with E-state index in [-0.39, 0.29) is 42.3 Å². The van der Waals surface area contributed by atoms with Gasteiger partial charge in [-0.15, -0.1) is 33.9 Å². The lowest BCUT2D eigenvalue weighted by molar-refractivity contribution is -0.136. The van der Waals surface area contributed by atoms with Gasteiger partial charge in [0.15, 0.2) is 0 Å². The van der Waals surface area contributed by atoms with E-state index in [0.29, 0.717) is 30.9 Å². The number of aromatic nitrogens is 2. The van der Waals surface area contributed by atoms with Crippen molar-refractivity contribution < 1.29 is 18.8 Å². The molecule has 1 N–H and O–H groups in total. The maximum atomic E-state index is 13.7. The van der Waals surface area contributed by atoms with Crippen LogP contribution in [0.2, 0.25) is 0 Å². The van der Waals surface area contributed by atoms with Gasteiger partial charge in [0.25, 0.3) is 11.1 Å². The second-order valence-corrected chi connectivity index (χ2v) is 12.0. The average Bonchev–Trinajstić information content (AvgIpc) is 3.51. The molecule has 0 bridgehead atoms. The quantitative estimate of drug-likeness (QED) is 0.155. The monoisotopic (exact) mass is 571 g/mol. The van der Waals surface area contributed by atoms with Crippen LogP contribution in [0.4, 0.5) is 0 Å². The lowest BCUT2D eigenvalue weighted by atomic mass is 9.85. The van der Waals surface area contributed by atoms with Crippen LogP contribution in [0.1, 0.15) is 67.9 Å². The minimum atomic E-state index is -0.924. The molecule has 0 aliphatic heterocycles. The molecular weight excluding hydrogens is 534 g/mol. The summed E-state index contributed by atoms with van der Waals surface area (Å²) >= 11 is 2.91. The number of halogens is 1. The highest BCUT2D eigenvalue weighted by molar-refractivity contribution is 7.99. The molecule has 2 aromatic heterocycles. The summed E-state index contributed by atoms with van der Waals surface area (Å²) in [5.74, 6) is 0.230. The van der Waals surface area contributed by atoms with Crippen LogP contribution in [0, 0.1) is 5.92 Å². The van der Waals surface area contributed by atoms with Crippen LogP contribution in [0.25, 0.3) is 0 Å². The summed E-state index contributed by atoms with van der Waals surface area (Å²) in [5, 5.41) is 13.5. The molecule has 0 radical (unpaired) electrons. The van der Waals surface area contributed by atoms with E-state index in [9.17, 15) is 14.4 Å². The molecule has 2 heterocycles. The Morgan fingerprint density at radius 2 is 1.97 bits per heavy atom. The number of hydrogen-bond acceptors (Lipinski definition) is 9. The first-order valence-electron chi connectivity index (χ1n) is 12.5. The first-order valence-corrected chi connectivity index (χ1v) is 14.3. The molecule has 12 heteroatoms. The molecule has 0 saturated heterocycles. The van der Waals surface area contributed by atoms with Gasteiger partial charge >= 0.3 is 0 Å². The molecule has 1 unspecified atom stereocenters. The Kier molecular flexibility index (Phi) is 12.5. The number of Topliss-reactive ketones (excluding diaryl/α,β-unsaturated/α-hetero) is 1. The molecule has 0 spiro atoms. The highest BCUT2D eigenvalue weighted by Gasteiger charge is 2.45. The molecule has 1 atom stereocenters. The summed E-state index contributed by atoms with van der Waals surface area (Å²) in [6.45, 7) is 4.84. The lowest BCUT2D eigenvalue weighted by Gasteiger charge is -2.48. The molecule has 1 saturated carbocycles. The number of amides is 2. The van der Waals surface area contributed by atoms with Gasteiger partial charge in [0.2, 0.25) is 18.1 Å². The van der Waals surface area contributed by atoms with Crippen molar-refractivity contribution in [3.05, 3.63) is 28.3 Å². The summed E-state index contributed by atoms with van der Waals surface area (Å²) in [5.41, 5.74) is -0.924. The molecule has 2 amide bonds. The second kappa shape index (κ2) is 14.8. The maximum absolute atomic E-state index is 13.7. The summed E-state index contributed by atoms with van der Waals surface area (Å²) in [4.78, 5) is 43.9. The molecule has 37 heavy (non-hydrogen) atoms. The number of nitrogens with one attached hydrogen (secondary N) is 1. The van der Waals surface area contributed by atoms with Crippen molar-refractivity contribution in [3.8, 4) is 0 Å². The summed E-state index contributed by atoms with van der Waals surface area (Å²) in [6.07, 6.45) is 5.31. The van der Waals surface area contributed by atoms with E-state index in [4.69, 9.17) is 4.42 Å². The molecule has 206 valence electrons. The van der Waals surface area contributed by atoms with Gasteiger partial charge in [-0.25, -0.2) is 0 Å². The predicted molar refractivity (Wildman–Crippen MR) is 148 cm³/mol. The number of hydrogen-bond donors (Lipinski definition) is 1. The Balaban J connectivity index is 0.00000481. The number of thioether (sulfide) groups is 1. The molecule has 0 aromatic carbocycles. The van der Waals surface area contributed by atoms with Crippen molar-refractivity contribution in [1.82, 2.24) is 25.3 Å². The molecule has 9 nitrogen and oxygen atoms in total. The Morgan fingerprint density at radius 3 is 2.57 bits per heavy atom. The lowest BCUT2D eigenvalue weighted by Crippen LogP contribution is -2.65. The average molecular weight is 572 g/mol. The highest BCUT2D eigenvalue weighted by Crippen LogP contribution is 2.34. The Bertz CT molecular complexity index is 993. The van der Waals surface area contributed by atoms with E-state index >= 15 is 0 Å². The van der Waals surface area contributed by atoms with Gasteiger partial charge in [-0.05, 0) is 63.6 Å². The zero-order chi connectivity index (χ0) is 26.1. The fourth-order valence-corrected chi connectivity index (χ4v) is 6.12. The van der Waals surface area contributed by atoms with E-state index in [2.05, 4.69) is 15.5 Å². The number of ketones is 1. The third-order valence-electron chi connectivity index (χ3n) is 6.29. The number of nitrogens with zero attached hydrogens (tertiary/aromatic N) is 4. The van der Waals surface area contributed by atoms with Crippen molar-refractivity contribution in [2.75, 3.05) is 26.4 Å². The summed E-state index contributed by atoms with van der Waals surface area (Å²) in [6, 6.07) is 3.02. The zero-order valence-corrected chi connectivity index (χ0v) is 24.4. The van der Waals surface area contributed by atoms with Gasteiger partial charge in [0, 0.05) is 17.2 Å². The van der Waals surface area contributed by atoms with Gasteiger partial charge in [0.1, 0.15) is 11.7 Å². The first kappa shape index (κ1) is 31.3. The second-order valence-electron chi connectivity index (χ2n) is 9.94. The number of rotatable bonds is 14. The molecule has 2 aromatic rings. The van der Waals surface area contributed by atoms with Gasteiger partial charge < -0.3 is 19.5 Å². The third kappa shape index (κ3) is 8.80. The molecular formula is C25H38ClN5O4S2. The number of carbonyl (C=O) groups is 3. The minimum Gasteiger partial charge on any atom is -0.408 e. The SMILES string of the molecule is CC(C)CC(C(=O)c1nnc(SCCN(C)C)o1)N(C=O)C1(NC(=O)Cc2cccs2)CCCCC1.Cl. The molecule has 1 fully saturated rings. The summed E-state index contributed by atoms with van der Waals surface area (Å²) in [7, 11) is 3.96. The van der Waals surface area contributed by atoms with Gasteiger partial charge in [-0.2, -0.15) is 0 Å². The summed E-state index contributed by atoms with van der Waals surface area (Å²) < 4.78 is 5.70. The van der Waals surface area contributed by atoms with E-state index < -0.39 is 11.7 Å². The van der Waals surface area contributed by atoms with E-state index in [0.717, 1.165) is 36.4 Å². The smallest absolute Gasteiger partial charge is 0.286 e. The van der Waals surface area contributed by atoms with Gasteiger partial charge in [-0.1, -0.05) is 38.1 Å². The minimum absolute atomic E-state index is 0. The fraction of sp³-hybridized carbons (Fsp3) is 0.640. The Morgan fingerprint density at radius 1 is 1.24 bits per heavy atom. The highest BCUT2D eigenvalue weighted by atomic mass is 35.5. The standard InChI is InChI=1S/C25H37N5O4S2.ClH/c1-18(2)15-20(22(33)23-27-28-24(34-23)36-14-12-29(3)4)30(17-31)25(10-6-5-7-11-25)26-21(32)16-19-9-8-13-35-19;/h8-9,13,17-18,20H,5-7,10-12,14-16H2,1-4H3,(H,26,32);1H. The maximum Gasteiger partial charge on any atom is 0.286 e. The van der Waals surface area contributed by atoms with Crippen LogP contribution in [0.15, 0.2) is 27.2 Å². The van der Waals surface area contributed by atoms with Crippen molar-refractivity contribution in [2.45, 2.75) is 75.7 Å².